The van der Waals surface area contributed by atoms with Crippen LogP contribution < -0.4 is 5.32 Å². The highest BCUT2D eigenvalue weighted by atomic mass is 35.5. The van der Waals surface area contributed by atoms with Crippen LogP contribution in [-0.4, -0.2) is 31.1 Å². The summed E-state index contributed by atoms with van der Waals surface area (Å²) in [6, 6.07) is 2.13. The molecule has 110 valence electrons. The van der Waals surface area contributed by atoms with Crippen LogP contribution in [0.15, 0.2) is 24.3 Å². The van der Waals surface area contributed by atoms with Gasteiger partial charge in [0.2, 0.25) is 0 Å². The molecular formula is C15H19ClF2N2. The number of hydrogen-bond acceptors (Lipinski definition) is 2. The van der Waals surface area contributed by atoms with Gasteiger partial charge in [0, 0.05) is 37.8 Å². The SMILES string of the molecule is C=C(C)C[C@@H](c1c(F)ccc(Cl)c1F)N1CCNCC1. The zero-order valence-electron chi connectivity index (χ0n) is 11.6. The Morgan fingerprint density at radius 2 is 2.05 bits per heavy atom. The lowest BCUT2D eigenvalue weighted by atomic mass is 9.97. The maximum atomic E-state index is 14.3. The Morgan fingerprint density at radius 1 is 1.40 bits per heavy atom. The van der Waals surface area contributed by atoms with Gasteiger partial charge < -0.3 is 5.32 Å². The fraction of sp³-hybridized carbons (Fsp3) is 0.467. The van der Waals surface area contributed by atoms with Crippen molar-refractivity contribution in [2.75, 3.05) is 26.2 Å². The molecule has 1 saturated heterocycles. The van der Waals surface area contributed by atoms with Crippen LogP contribution >= 0.6 is 11.6 Å². The van der Waals surface area contributed by atoms with E-state index in [2.05, 4.69) is 16.8 Å². The van der Waals surface area contributed by atoms with E-state index in [1.807, 2.05) is 6.92 Å². The van der Waals surface area contributed by atoms with Gasteiger partial charge in [0.25, 0.3) is 0 Å². The summed E-state index contributed by atoms with van der Waals surface area (Å²) in [7, 11) is 0. The molecule has 2 rings (SSSR count). The van der Waals surface area contributed by atoms with E-state index < -0.39 is 11.6 Å². The molecule has 0 spiro atoms. The van der Waals surface area contributed by atoms with Gasteiger partial charge in [-0.15, -0.1) is 6.58 Å². The summed E-state index contributed by atoms with van der Waals surface area (Å²) in [5.74, 6) is -1.20. The smallest absolute Gasteiger partial charge is 0.149 e. The zero-order chi connectivity index (χ0) is 14.7. The lowest BCUT2D eigenvalue weighted by Crippen LogP contribution is -2.45. The highest BCUT2D eigenvalue weighted by Gasteiger charge is 2.28. The molecule has 0 bridgehead atoms. The van der Waals surface area contributed by atoms with E-state index in [-0.39, 0.29) is 16.6 Å². The summed E-state index contributed by atoms with van der Waals surface area (Å²) in [6.45, 7) is 8.89. The molecule has 0 aromatic heterocycles. The lowest BCUT2D eigenvalue weighted by molar-refractivity contribution is 0.166. The normalized spacial score (nSPS) is 18.0. The first kappa shape index (κ1) is 15.4. The van der Waals surface area contributed by atoms with Crippen LogP contribution in [0.3, 0.4) is 0 Å². The number of benzene rings is 1. The average molecular weight is 301 g/mol. The number of rotatable bonds is 4. The average Bonchev–Trinajstić information content (AvgIpc) is 2.43. The molecule has 0 amide bonds. The van der Waals surface area contributed by atoms with Crippen LogP contribution in [0.25, 0.3) is 0 Å². The first-order valence-electron chi connectivity index (χ1n) is 6.73. The summed E-state index contributed by atoms with van der Waals surface area (Å²) in [4.78, 5) is 2.09. The Morgan fingerprint density at radius 3 is 2.65 bits per heavy atom. The van der Waals surface area contributed by atoms with Gasteiger partial charge in [-0.1, -0.05) is 17.2 Å². The minimum Gasteiger partial charge on any atom is -0.314 e. The van der Waals surface area contributed by atoms with Crippen molar-refractivity contribution in [2.45, 2.75) is 19.4 Å². The van der Waals surface area contributed by atoms with Crippen molar-refractivity contribution in [1.29, 1.82) is 0 Å². The van der Waals surface area contributed by atoms with Crippen LogP contribution in [0.2, 0.25) is 5.02 Å². The molecule has 1 fully saturated rings. The highest BCUT2D eigenvalue weighted by molar-refractivity contribution is 6.30. The summed E-state index contributed by atoms with van der Waals surface area (Å²) >= 11 is 5.81. The van der Waals surface area contributed by atoms with Crippen molar-refractivity contribution in [1.82, 2.24) is 10.2 Å². The van der Waals surface area contributed by atoms with Crippen molar-refractivity contribution in [3.8, 4) is 0 Å². The minimum absolute atomic E-state index is 0.0387. The van der Waals surface area contributed by atoms with Gasteiger partial charge in [0.1, 0.15) is 11.6 Å². The fourth-order valence-electron chi connectivity index (χ4n) is 2.59. The number of nitrogens with one attached hydrogen (secondary N) is 1. The number of hydrogen-bond donors (Lipinski definition) is 1. The topological polar surface area (TPSA) is 15.3 Å². The summed E-state index contributed by atoms with van der Waals surface area (Å²) in [5.41, 5.74) is 0.953. The molecule has 0 aliphatic carbocycles. The van der Waals surface area contributed by atoms with Gasteiger partial charge in [-0.05, 0) is 25.5 Å². The van der Waals surface area contributed by atoms with Crippen molar-refractivity contribution >= 4 is 11.6 Å². The Kier molecular flexibility index (Phi) is 5.13. The van der Waals surface area contributed by atoms with E-state index >= 15 is 0 Å². The molecule has 1 N–H and O–H groups in total. The van der Waals surface area contributed by atoms with Crippen LogP contribution in [-0.2, 0) is 0 Å². The zero-order valence-corrected chi connectivity index (χ0v) is 12.3. The first-order chi connectivity index (χ1) is 9.50. The van der Waals surface area contributed by atoms with Crippen LogP contribution in [0.4, 0.5) is 8.78 Å². The molecule has 1 heterocycles. The van der Waals surface area contributed by atoms with Gasteiger partial charge in [-0.25, -0.2) is 8.78 Å². The van der Waals surface area contributed by atoms with Crippen molar-refractivity contribution in [3.05, 3.63) is 46.5 Å². The largest absolute Gasteiger partial charge is 0.314 e. The second-order valence-electron chi connectivity index (χ2n) is 5.22. The maximum Gasteiger partial charge on any atom is 0.149 e. The number of piperazine rings is 1. The Balaban J connectivity index is 2.40. The molecule has 1 aromatic rings. The Bertz CT molecular complexity index is 499. The molecule has 1 aromatic carbocycles. The van der Waals surface area contributed by atoms with Crippen molar-refractivity contribution in [2.24, 2.45) is 0 Å². The van der Waals surface area contributed by atoms with Crippen LogP contribution in [0.5, 0.6) is 0 Å². The Labute approximate surface area is 123 Å². The summed E-state index contributed by atoms with van der Waals surface area (Å²) in [5, 5.41) is 3.20. The third-order valence-corrected chi connectivity index (χ3v) is 3.84. The van der Waals surface area contributed by atoms with Crippen molar-refractivity contribution < 1.29 is 8.78 Å². The Hall–Kier alpha value is -0.970. The van der Waals surface area contributed by atoms with E-state index in [1.165, 1.54) is 12.1 Å². The third kappa shape index (κ3) is 3.37. The quantitative estimate of drug-likeness (QED) is 0.676. The lowest BCUT2D eigenvalue weighted by Gasteiger charge is -2.35. The second-order valence-corrected chi connectivity index (χ2v) is 5.63. The van der Waals surface area contributed by atoms with Crippen LogP contribution in [0.1, 0.15) is 24.9 Å². The predicted octanol–water partition coefficient (Wildman–Crippen LogP) is 3.53. The molecule has 1 aliphatic rings. The predicted molar refractivity (Wildman–Crippen MR) is 78.0 cm³/mol. The second kappa shape index (κ2) is 6.66. The van der Waals surface area contributed by atoms with E-state index in [1.54, 1.807) is 0 Å². The van der Waals surface area contributed by atoms with E-state index in [0.29, 0.717) is 6.42 Å². The summed E-state index contributed by atoms with van der Waals surface area (Å²) in [6.07, 6.45) is 0.522. The number of nitrogens with zero attached hydrogens (tertiary/aromatic N) is 1. The number of halogens is 3. The molecule has 0 unspecified atom stereocenters. The molecule has 2 nitrogen and oxygen atoms in total. The van der Waals surface area contributed by atoms with Gasteiger partial charge in [0.05, 0.1) is 5.02 Å². The van der Waals surface area contributed by atoms with Crippen LogP contribution in [0, 0.1) is 11.6 Å². The summed E-state index contributed by atoms with van der Waals surface area (Å²) < 4.78 is 28.4. The van der Waals surface area contributed by atoms with E-state index in [9.17, 15) is 8.78 Å². The first-order valence-corrected chi connectivity index (χ1v) is 7.11. The molecule has 1 aliphatic heterocycles. The highest BCUT2D eigenvalue weighted by Crippen LogP contribution is 2.34. The van der Waals surface area contributed by atoms with Gasteiger partial charge >= 0.3 is 0 Å². The molecule has 1 atom stereocenters. The van der Waals surface area contributed by atoms with Crippen molar-refractivity contribution in [3.63, 3.8) is 0 Å². The van der Waals surface area contributed by atoms with Gasteiger partial charge in [0.15, 0.2) is 0 Å². The van der Waals surface area contributed by atoms with Gasteiger partial charge in [-0.3, -0.25) is 4.90 Å². The third-order valence-electron chi connectivity index (χ3n) is 3.55. The molecule has 0 radical (unpaired) electrons. The molecule has 5 heteroatoms. The van der Waals surface area contributed by atoms with E-state index in [0.717, 1.165) is 31.8 Å². The molecule has 0 saturated carbocycles. The monoisotopic (exact) mass is 300 g/mol. The standard InChI is InChI=1S/C15H19ClF2N2/c1-10(2)9-13(20-7-5-19-6-8-20)14-12(17)4-3-11(16)15(14)18/h3-4,13,19H,1,5-9H2,2H3/t13-/m0/s1. The molecular weight excluding hydrogens is 282 g/mol. The maximum absolute atomic E-state index is 14.3. The van der Waals surface area contributed by atoms with Gasteiger partial charge in [-0.2, -0.15) is 0 Å². The minimum atomic E-state index is -0.656. The fourth-order valence-corrected chi connectivity index (χ4v) is 2.75. The molecule has 20 heavy (non-hydrogen) atoms. The van der Waals surface area contributed by atoms with E-state index in [4.69, 9.17) is 11.6 Å².